The van der Waals surface area contributed by atoms with Crippen LogP contribution in [0.4, 0.5) is 10.2 Å². The molecule has 0 bridgehead atoms. The number of benzene rings is 1. The van der Waals surface area contributed by atoms with Gasteiger partial charge in [0.1, 0.15) is 11.6 Å². The summed E-state index contributed by atoms with van der Waals surface area (Å²) in [5.74, 6) is 0.227. The number of carbonyl (C=O) groups excluding carboxylic acids is 1. The summed E-state index contributed by atoms with van der Waals surface area (Å²) in [4.78, 5) is 48.5. The van der Waals surface area contributed by atoms with Gasteiger partial charge in [-0.2, -0.15) is 0 Å². The van der Waals surface area contributed by atoms with Gasteiger partial charge in [0.25, 0.3) is 11.5 Å². The normalized spacial score (nSPS) is 15.8. The van der Waals surface area contributed by atoms with Crippen LogP contribution in [0, 0.1) is 5.82 Å². The number of nitrogens with zero attached hydrogens (tertiary/aromatic N) is 4. The van der Waals surface area contributed by atoms with Crippen molar-refractivity contribution >= 4 is 11.7 Å². The number of carbonyl (C=O) groups is 1. The molecule has 5 rings (SSSR count). The van der Waals surface area contributed by atoms with Crippen molar-refractivity contribution < 1.29 is 9.18 Å². The highest BCUT2D eigenvalue weighted by Crippen LogP contribution is 2.20. The minimum Gasteiger partial charge on any atom is -0.353 e. The summed E-state index contributed by atoms with van der Waals surface area (Å²) in [6.07, 6.45) is 4.73. The highest BCUT2D eigenvalue weighted by molar-refractivity contribution is 5.94. The van der Waals surface area contributed by atoms with Crippen LogP contribution in [0.3, 0.4) is 0 Å². The van der Waals surface area contributed by atoms with Crippen LogP contribution in [0.25, 0.3) is 0 Å². The van der Waals surface area contributed by atoms with Crippen LogP contribution < -0.4 is 16.1 Å². The van der Waals surface area contributed by atoms with Crippen LogP contribution in [-0.2, 0) is 19.4 Å². The summed E-state index contributed by atoms with van der Waals surface area (Å²) in [5, 5.41) is 0. The van der Waals surface area contributed by atoms with Crippen molar-refractivity contribution in [1.82, 2.24) is 19.4 Å². The van der Waals surface area contributed by atoms with Gasteiger partial charge < -0.3 is 9.80 Å². The molecule has 1 saturated heterocycles. The summed E-state index contributed by atoms with van der Waals surface area (Å²) >= 11 is 0. The summed E-state index contributed by atoms with van der Waals surface area (Å²) in [5.41, 5.74) is 0.998. The molecular weight excluding hydrogens is 437 g/mol. The molecule has 8 nitrogen and oxygen atoms in total. The predicted octanol–water partition coefficient (Wildman–Crippen LogP) is 1.96. The van der Waals surface area contributed by atoms with Gasteiger partial charge in [0.05, 0.1) is 6.54 Å². The number of halogens is 1. The fourth-order valence-electron chi connectivity index (χ4n) is 4.82. The Bertz CT molecular complexity index is 1330. The number of fused-ring (bicyclic) bond motifs is 1. The van der Waals surface area contributed by atoms with Gasteiger partial charge in [-0.05, 0) is 56.0 Å². The molecule has 0 atom stereocenters. The number of pyridine rings is 1. The number of amides is 1. The van der Waals surface area contributed by atoms with Crippen LogP contribution in [0.2, 0.25) is 0 Å². The lowest BCUT2D eigenvalue weighted by Gasteiger charge is -2.35. The third kappa shape index (κ3) is 4.25. The quantitative estimate of drug-likeness (QED) is 0.639. The summed E-state index contributed by atoms with van der Waals surface area (Å²) in [6.45, 7) is 2.37. The molecule has 34 heavy (non-hydrogen) atoms. The van der Waals surface area contributed by atoms with Crippen molar-refractivity contribution in [3.05, 3.63) is 91.6 Å². The van der Waals surface area contributed by atoms with E-state index >= 15 is 0 Å². The molecule has 1 aliphatic heterocycles. The maximum Gasteiger partial charge on any atom is 0.328 e. The first-order valence-corrected chi connectivity index (χ1v) is 11.6. The number of hydrogen-bond acceptors (Lipinski definition) is 5. The molecule has 0 spiro atoms. The molecule has 3 heterocycles. The third-order valence-corrected chi connectivity index (χ3v) is 6.67. The summed E-state index contributed by atoms with van der Waals surface area (Å²) < 4.78 is 16.2. The molecule has 2 aliphatic rings. The van der Waals surface area contributed by atoms with E-state index in [-0.39, 0.29) is 23.6 Å². The van der Waals surface area contributed by atoms with Crippen LogP contribution in [-0.4, -0.2) is 51.5 Å². The SMILES string of the molecule is O=C(c1ccc(F)c(Cn2c3c(c(=O)[nH]c2=O)CCCC3)c1)N1CCN(c2ccccn2)CC1. The number of aromatic amines is 1. The monoisotopic (exact) mass is 463 g/mol. The predicted molar refractivity (Wildman–Crippen MR) is 126 cm³/mol. The maximum absolute atomic E-state index is 14.7. The van der Waals surface area contributed by atoms with Crippen LogP contribution in [0.1, 0.15) is 40.0 Å². The van der Waals surface area contributed by atoms with Gasteiger partial charge in [0, 0.05) is 54.8 Å². The molecule has 0 radical (unpaired) electrons. The van der Waals surface area contributed by atoms with Gasteiger partial charge in [-0.15, -0.1) is 0 Å². The number of H-pyrrole nitrogens is 1. The van der Waals surface area contributed by atoms with E-state index in [2.05, 4.69) is 14.9 Å². The molecule has 1 amide bonds. The Morgan fingerprint density at radius 1 is 1.03 bits per heavy atom. The van der Waals surface area contributed by atoms with Crippen molar-refractivity contribution in [1.29, 1.82) is 0 Å². The highest BCUT2D eigenvalue weighted by atomic mass is 19.1. The summed E-state index contributed by atoms with van der Waals surface area (Å²) in [6, 6.07) is 10.0. The van der Waals surface area contributed by atoms with E-state index in [0.717, 1.165) is 18.7 Å². The topological polar surface area (TPSA) is 91.3 Å². The first kappa shape index (κ1) is 22.1. The van der Waals surface area contributed by atoms with Crippen molar-refractivity contribution in [2.45, 2.75) is 32.2 Å². The lowest BCUT2D eigenvalue weighted by molar-refractivity contribution is 0.0746. The Morgan fingerprint density at radius 3 is 2.59 bits per heavy atom. The lowest BCUT2D eigenvalue weighted by atomic mass is 9.96. The van der Waals surface area contributed by atoms with Gasteiger partial charge in [-0.1, -0.05) is 6.07 Å². The second-order valence-corrected chi connectivity index (χ2v) is 8.75. The van der Waals surface area contributed by atoms with E-state index in [1.54, 1.807) is 11.1 Å². The molecule has 9 heteroatoms. The third-order valence-electron chi connectivity index (χ3n) is 6.67. The first-order chi connectivity index (χ1) is 16.5. The molecule has 1 N–H and O–H groups in total. The average Bonchev–Trinajstić information content (AvgIpc) is 2.88. The zero-order chi connectivity index (χ0) is 23.7. The molecule has 176 valence electrons. The first-order valence-electron chi connectivity index (χ1n) is 11.6. The van der Waals surface area contributed by atoms with Gasteiger partial charge in [0.15, 0.2) is 0 Å². The molecule has 1 fully saturated rings. The van der Waals surface area contributed by atoms with E-state index in [4.69, 9.17) is 0 Å². The second-order valence-electron chi connectivity index (χ2n) is 8.75. The van der Waals surface area contributed by atoms with Crippen molar-refractivity contribution in [2.24, 2.45) is 0 Å². The van der Waals surface area contributed by atoms with Crippen molar-refractivity contribution in [3.8, 4) is 0 Å². The number of aromatic nitrogens is 3. The van der Waals surface area contributed by atoms with Crippen molar-refractivity contribution in [2.75, 3.05) is 31.1 Å². The minimum atomic E-state index is -0.549. The molecule has 3 aromatic rings. The molecular formula is C25H26FN5O3. The lowest BCUT2D eigenvalue weighted by Crippen LogP contribution is -2.49. The van der Waals surface area contributed by atoms with Gasteiger partial charge in [-0.25, -0.2) is 14.2 Å². The maximum atomic E-state index is 14.7. The molecule has 2 aromatic heterocycles. The van der Waals surface area contributed by atoms with Crippen molar-refractivity contribution in [3.63, 3.8) is 0 Å². The molecule has 1 aliphatic carbocycles. The number of nitrogens with one attached hydrogen (secondary N) is 1. The Morgan fingerprint density at radius 2 is 1.82 bits per heavy atom. The summed E-state index contributed by atoms with van der Waals surface area (Å²) in [7, 11) is 0. The Kier molecular flexibility index (Phi) is 6.00. The van der Waals surface area contributed by atoms with Gasteiger partial charge in [0.2, 0.25) is 0 Å². The van der Waals surface area contributed by atoms with E-state index in [1.165, 1.54) is 22.8 Å². The number of piperazine rings is 1. The van der Waals surface area contributed by atoms with E-state index in [9.17, 15) is 18.8 Å². The fraction of sp³-hybridized carbons (Fsp3) is 0.360. The van der Waals surface area contributed by atoms with Crippen LogP contribution in [0.5, 0.6) is 0 Å². The second kappa shape index (κ2) is 9.24. The van der Waals surface area contributed by atoms with E-state index in [1.807, 2.05) is 18.2 Å². The van der Waals surface area contributed by atoms with E-state index in [0.29, 0.717) is 55.8 Å². The smallest absolute Gasteiger partial charge is 0.328 e. The largest absolute Gasteiger partial charge is 0.353 e. The molecule has 0 unspecified atom stereocenters. The van der Waals surface area contributed by atoms with Crippen LogP contribution >= 0.6 is 0 Å². The van der Waals surface area contributed by atoms with Crippen LogP contribution in [0.15, 0.2) is 52.2 Å². The standard InChI is InChI=1S/C25H26FN5O3/c26-20-9-8-17(24(33)30-13-11-29(12-14-30)22-7-3-4-10-27-22)15-18(20)16-31-21-6-2-1-5-19(21)23(32)28-25(31)34/h3-4,7-10,15H,1-2,5-6,11-14,16H2,(H,28,32,34). The molecule has 0 saturated carbocycles. The van der Waals surface area contributed by atoms with E-state index < -0.39 is 11.5 Å². The fourth-order valence-corrected chi connectivity index (χ4v) is 4.82. The Balaban J connectivity index is 1.35. The Hall–Kier alpha value is -3.75. The molecule has 1 aromatic carbocycles. The zero-order valence-electron chi connectivity index (χ0n) is 18.8. The zero-order valence-corrected chi connectivity index (χ0v) is 18.8. The number of anilines is 1. The Labute approximate surface area is 195 Å². The number of hydrogen-bond donors (Lipinski definition) is 1. The highest BCUT2D eigenvalue weighted by Gasteiger charge is 2.24. The van der Waals surface area contributed by atoms with Gasteiger partial charge in [-0.3, -0.25) is 19.1 Å². The number of rotatable bonds is 4. The minimum absolute atomic E-state index is 0.0294. The van der Waals surface area contributed by atoms with Gasteiger partial charge >= 0.3 is 5.69 Å². The average molecular weight is 464 g/mol.